The van der Waals surface area contributed by atoms with Crippen LogP contribution in [0.25, 0.3) is 0 Å². The number of ether oxygens (including phenoxy) is 1. The van der Waals surface area contributed by atoms with Crippen LogP contribution in [0.4, 0.5) is 0 Å². The number of thiophene rings is 1. The van der Waals surface area contributed by atoms with E-state index in [1.54, 1.807) is 18.4 Å². The first kappa shape index (κ1) is 11.1. The molecule has 15 heavy (non-hydrogen) atoms. The molecular weight excluding hydrogens is 206 g/mol. The Morgan fingerprint density at radius 3 is 3.07 bits per heavy atom. The van der Waals surface area contributed by atoms with Gasteiger partial charge in [0.1, 0.15) is 0 Å². The Kier molecular flexibility index (Phi) is 4.18. The van der Waals surface area contributed by atoms with Gasteiger partial charge in [0.25, 0.3) is 0 Å². The highest BCUT2D eigenvalue weighted by Crippen LogP contribution is 2.32. The van der Waals surface area contributed by atoms with Crippen molar-refractivity contribution < 1.29 is 4.74 Å². The number of rotatable bonds is 7. The van der Waals surface area contributed by atoms with E-state index in [1.807, 2.05) is 0 Å². The maximum absolute atomic E-state index is 5.23. The Bertz CT molecular complexity index is 269. The first-order valence-corrected chi connectivity index (χ1v) is 6.58. The average molecular weight is 225 g/mol. The molecule has 1 N–H and O–H groups in total. The topological polar surface area (TPSA) is 21.3 Å². The lowest BCUT2D eigenvalue weighted by Crippen LogP contribution is -2.36. The summed E-state index contributed by atoms with van der Waals surface area (Å²) in [7, 11) is 1.79. The third kappa shape index (κ3) is 3.59. The quantitative estimate of drug-likeness (QED) is 0.769. The molecule has 84 valence electrons. The van der Waals surface area contributed by atoms with Gasteiger partial charge in [0, 0.05) is 13.2 Å². The standard InChI is InChI=1S/C12H19NOS/c1-14-8-12(11-2-3-11)13-6-4-10-5-7-15-9-10/h5,7,9,11-13H,2-4,6,8H2,1H3. The normalized spacial score (nSPS) is 17.9. The summed E-state index contributed by atoms with van der Waals surface area (Å²) in [4.78, 5) is 0. The summed E-state index contributed by atoms with van der Waals surface area (Å²) >= 11 is 1.77. The monoisotopic (exact) mass is 225 g/mol. The summed E-state index contributed by atoms with van der Waals surface area (Å²) < 4.78 is 5.23. The van der Waals surface area contributed by atoms with Crippen LogP contribution in [0.15, 0.2) is 16.8 Å². The molecule has 1 fully saturated rings. The van der Waals surface area contributed by atoms with E-state index < -0.39 is 0 Å². The third-order valence-corrected chi connectivity index (χ3v) is 3.67. The highest BCUT2D eigenvalue weighted by Gasteiger charge is 2.30. The fourth-order valence-corrected chi connectivity index (χ4v) is 2.58. The SMILES string of the molecule is COCC(NCCc1ccsc1)C1CC1. The first-order chi connectivity index (χ1) is 7.40. The zero-order valence-corrected chi connectivity index (χ0v) is 10.1. The van der Waals surface area contributed by atoms with Crippen LogP contribution in [0.3, 0.4) is 0 Å². The number of hydrogen-bond acceptors (Lipinski definition) is 3. The van der Waals surface area contributed by atoms with Gasteiger partial charge in [-0.1, -0.05) is 0 Å². The van der Waals surface area contributed by atoms with Crippen LogP contribution in [-0.4, -0.2) is 26.3 Å². The van der Waals surface area contributed by atoms with Crippen molar-refractivity contribution in [1.29, 1.82) is 0 Å². The van der Waals surface area contributed by atoms with E-state index in [0.717, 1.165) is 25.5 Å². The second-order valence-corrected chi connectivity index (χ2v) is 5.02. The Morgan fingerprint density at radius 2 is 2.47 bits per heavy atom. The molecule has 1 aromatic heterocycles. The average Bonchev–Trinajstić information content (AvgIpc) is 2.96. The highest BCUT2D eigenvalue weighted by molar-refractivity contribution is 7.07. The van der Waals surface area contributed by atoms with Crippen molar-refractivity contribution in [2.45, 2.75) is 25.3 Å². The molecule has 1 aliphatic carbocycles. The smallest absolute Gasteiger partial charge is 0.0618 e. The molecule has 0 aromatic carbocycles. The molecule has 2 nitrogen and oxygen atoms in total. The maximum Gasteiger partial charge on any atom is 0.0618 e. The minimum atomic E-state index is 0.577. The second kappa shape index (κ2) is 5.64. The Labute approximate surface area is 95.6 Å². The van der Waals surface area contributed by atoms with Gasteiger partial charge in [0.2, 0.25) is 0 Å². The predicted molar refractivity (Wildman–Crippen MR) is 64.4 cm³/mol. The van der Waals surface area contributed by atoms with Crippen LogP contribution in [0.2, 0.25) is 0 Å². The number of nitrogens with one attached hydrogen (secondary N) is 1. The summed E-state index contributed by atoms with van der Waals surface area (Å²) in [6.45, 7) is 1.93. The van der Waals surface area contributed by atoms with Gasteiger partial charge in [0.15, 0.2) is 0 Å². The lowest BCUT2D eigenvalue weighted by atomic mass is 10.2. The summed E-state index contributed by atoms with van der Waals surface area (Å²) in [6.07, 6.45) is 3.88. The number of methoxy groups -OCH3 is 1. The highest BCUT2D eigenvalue weighted by atomic mass is 32.1. The fraction of sp³-hybridized carbons (Fsp3) is 0.667. The van der Waals surface area contributed by atoms with Crippen molar-refractivity contribution in [3.8, 4) is 0 Å². The van der Waals surface area contributed by atoms with Gasteiger partial charge in [-0.25, -0.2) is 0 Å². The molecule has 0 spiro atoms. The molecule has 0 aliphatic heterocycles. The van der Waals surface area contributed by atoms with Crippen LogP contribution >= 0.6 is 11.3 Å². The Balaban J connectivity index is 1.66. The number of hydrogen-bond donors (Lipinski definition) is 1. The predicted octanol–water partition coefficient (Wildman–Crippen LogP) is 2.31. The molecule has 1 saturated carbocycles. The van der Waals surface area contributed by atoms with Crippen LogP contribution in [0.1, 0.15) is 18.4 Å². The van der Waals surface area contributed by atoms with Gasteiger partial charge in [0.05, 0.1) is 6.61 Å². The van der Waals surface area contributed by atoms with Gasteiger partial charge in [-0.05, 0) is 54.1 Å². The van der Waals surface area contributed by atoms with Crippen molar-refractivity contribution in [3.05, 3.63) is 22.4 Å². The summed E-state index contributed by atoms with van der Waals surface area (Å²) in [5.41, 5.74) is 1.44. The molecule has 0 bridgehead atoms. The van der Waals surface area contributed by atoms with E-state index in [0.29, 0.717) is 6.04 Å². The van der Waals surface area contributed by atoms with Gasteiger partial charge < -0.3 is 10.1 Å². The first-order valence-electron chi connectivity index (χ1n) is 5.63. The maximum atomic E-state index is 5.23. The van der Waals surface area contributed by atoms with Crippen molar-refractivity contribution in [1.82, 2.24) is 5.32 Å². The van der Waals surface area contributed by atoms with Gasteiger partial charge in [-0.2, -0.15) is 11.3 Å². The van der Waals surface area contributed by atoms with Crippen LogP contribution in [-0.2, 0) is 11.2 Å². The second-order valence-electron chi connectivity index (χ2n) is 4.23. The van der Waals surface area contributed by atoms with Crippen molar-refractivity contribution in [3.63, 3.8) is 0 Å². The van der Waals surface area contributed by atoms with E-state index >= 15 is 0 Å². The largest absolute Gasteiger partial charge is 0.383 e. The van der Waals surface area contributed by atoms with Crippen LogP contribution in [0, 0.1) is 5.92 Å². The molecule has 1 unspecified atom stereocenters. The van der Waals surface area contributed by atoms with Crippen LogP contribution < -0.4 is 5.32 Å². The zero-order valence-electron chi connectivity index (χ0n) is 9.24. The molecule has 1 heterocycles. The zero-order chi connectivity index (χ0) is 10.5. The molecule has 1 aromatic rings. The molecular formula is C12H19NOS. The van der Waals surface area contributed by atoms with Gasteiger partial charge in [-0.3, -0.25) is 0 Å². The summed E-state index contributed by atoms with van der Waals surface area (Å²) in [5, 5.41) is 7.97. The molecule has 0 radical (unpaired) electrons. The van der Waals surface area contributed by atoms with Gasteiger partial charge in [-0.15, -0.1) is 0 Å². The van der Waals surface area contributed by atoms with E-state index in [2.05, 4.69) is 22.1 Å². The van der Waals surface area contributed by atoms with Crippen molar-refractivity contribution in [2.75, 3.05) is 20.3 Å². The lowest BCUT2D eigenvalue weighted by Gasteiger charge is -2.16. The van der Waals surface area contributed by atoms with E-state index in [9.17, 15) is 0 Å². The molecule has 2 rings (SSSR count). The minimum Gasteiger partial charge on any atom is -0.383 e. The van der Waals surface area contributed by atoms with Crippen molar-refractivity contribution in [2.24, 2.45) is 5.92 Å². The Hall–Kier alpha value is -0.380. The summed E-state index contributed by atoms with van der Waals surface area (Å²) in [6, 6.07) is 2.78. The Morgan fingerprint density at radius 1 is 1.60 bits per heavy atom. The molecule has 1 atom stereocenters. The molecule has 0 amide bonds. The van der Waals surface area contributed by atoms with E-state index in [1.165, 1.54) is 18.4 Å². The third-order valence-electron chi connectivity index (χ3n) is 2.94. The summed E-state index contributed by atoms with van der Waals surface area (Å²) in [5.74, 6) is 0.868. The molecule has 3 heteroatoms. The van der Waals surface area contributed by atoms with Crippen LogP contribution in [0.5, 0.6) is 0 Å². The molecule has 0 saturated heterocycles. The molecule has 1 aliphatic rings. The fourth-order valence-electron chi connectivity index (χ4n) is 1.88. The van der Waals surface area contributed by atoms with E-state index in [4.69, 9.17) is 4.74 Å². The van der Waals surface area contributed by atoms with Gasteiger partial charge >= 0.3 is 0 Å². The van der Waals surface area contributed by atoms with Crippen molar-refractivity contribution >= 4 is 11.3 Å². The van der Waals surface area contributed by atoms with E-state index in [-0.39, 0.29) is 0 Å². The minimum absolute atomic E-state index is 0.577. The lowest BCUT2D eigenvalue weighted by molar-refractivity contribution is 0.158.